The largest absolute Gasteiger partial charge is 0.426 e. The van der Waals surface area contributed by atoms with E-state index < -0.39 is 11.9 Å². The number of aryl methyl sites for hydroxylation is 1. The summed E-state index contributed by atoms with van der Waals surface area (Å²) in [5.41, 5.74) is 1.97. The SMILES string of the molecule is Cc1cc(OC(=O)[C@@H]2CC(=O)N(c3ccc(Br)cc3)C2)ccc1N1C(=O)[C@H]2CCCC[C@@H]2C1=O. The fraction of sp³-hybridized carbons (Fsp3) is 0.385. The predicted octanol–water partition coefficient (Wildman–Crippen LogP) is 4.40. The maximum absolute atomic E-state index is 12.9. The van der Waals surface area contributed by atoms with Gasteiger partial charge in [0.25, 0.3) is 0 Å². The van der Waals surface area contributed by atoms with E-state index in [1.165, 1.54) is 4.90 Å². The highest BCUT2D eigenvalue weighted by atomic mass is 79.9. The van der Waals surface area contributed by atoms with Crippen molar-refractivity contribution in [2.75, 3.05) is 16.3 Å². The summed E-state index contributed by atoms with van der Waals surface area (Å²) in [6, 6.07) is 12.3. The zero-order valence-electron chi connectivity index (χ0n) is 18.8. The number of ether oxygens (including phenoxy) is 1. The van der Waals surface area contributed by atoms with Crippen LogP contribution in [0.2, 0.25) is 0 Å². The third kappa shape index (κ3) is 4.04. The number of benzene rings is 2. The molecule has 2 heterocycles. The van der Waals surface area contributed by atoms with Crippen LogP contribution >= 0.6 is 15.9 Å². The average molecular weight is 525 g/mol. The zero-order valence-corrected chi connectivity index (χ0v) is 20.4. The fourth-order valence-electron chi connectivity index (χ4n) is 5.28. The van der Waals surface area contributed by atoms with E-state index in [1.807, 2.05) is 24.3 Å². The summed E-state index contributed by atoms with van der Waals surface area (Å²) in [5, 5.41) is 0. The number of nitrogens with zero attached hydrogens (tertiary/aromatic N) is 2. The normalized spacial score (nSPS) is 24.5. The van der Waals surface area contributed by atoms with E-state index in [-0.39, 0.29) is 42.5 Å². The third-order valence-corrected chi connectivity index (χ3v) is 7.59. The number of esters is 1. The predicted molar refractivity (Wildman–Crippen MR) is 129 cm³/mol. The Labute approximate surface area is 206 Å². The van der Waals surface area contributed by atoms with Gasteiger partial charge in [-0.05, 0) is 67.8 Å². The van der Waals surface area contributed by atoms with Crippen LogP contribution in [0.5, 0.6) is 5.75 Å². The third-order valence-electron chi connectivity index (χ3n) is 7.07. The molecule has 0 radical (unpaired) electrons. The first kappa shape index (κ1) is 22.8. The van der Waals surface area contributed by atoms with E-state index in [1.54, 1.807) is 30.0 Å². The monoisotopic (exact) mass is 524 g/mol. The number of anilines is 2. The Hall–Kier alpha value is -3.00. The molecular weight excluding hydrogens is 500 g/mol. The first-order chi connectivity index (χ1) is 16.3. The molecule has 0 aromatic heterocycles. The summed E-state index contributed by atoms with van der Waals surface area (Å²) in [7, 11) is 0. The van der Waals surface area contributed by atoms with Crippen molar-refractivity contribution in [2.24, 2.45) is 17.8 Å². The van der Waals surface area contributed by atoms with E-state index in [0.29, 0.717) is 17.0 Å². The van der Waals surface area contributed by atoms with Crippen molar-refractivity contribution in [2.45, 2.75) is 39.0 Å². The molecular formula is C26H25BrN2O5. The Bertz CT molecular complexity index is 1150. The molecule has 3 fully saturated rings. The molecule has 2 aromatic carbocycles. The number of imide groups is 1. The molecule has 5 rings (SSSR count). The van der Waals surface area contributed by atoms with Gasteiger partial charge in [-0.3, -0.25) is 19.2 Å². The summed E-state index contributed by atoms with van der Waals surface area (Å²) in [4.78, 5) is 54.0. The van der Waals surface area contributed by atoms with Gasteiger partial charge in [0.1, 0.15) is 5.75 Å². The summed E-state index contributed by atoms with van der Waals surface area (Å²) in [6.45, 7) is 2.06. The molecule has 0 bridgehead atoms. The summed E-state index contributed by atoms with van der Waals surface area (Å²) in [5.74, 6) is -1.51. The molecule has 2 saturated heterocycles. The van der Waals surface area contributed by atoms with Gasteiger partial charge in [0.15, 0.2) is 0 Å². The Morgan fingerprint density at radius 2 is 1.62 bits per heavy atom. The highest BCUT2D eigenvalue weighted by Gasteiger charge is 2.49. The van der Waals surface area contributed by atoms with E-state index in [0.717, 1.165) is 35.8 Å². The van der Waals surface area contributed by atoms with Crippen LogP contribution in [-0.4, -0.2) is 30.2 Å². The number of hydrogen-bond acceptors (Lipinski definition) is 5. The van der Waals surface area contributed by atoms with Crippen LogP contribution < -0.4 is 14.5 Å². The Morgan fingerprint density at radius 1 is 0.971 bits per heavy atom. The smallest absolute Gasteiger partial charge is 0.316 e. The van der Waals surface area contributed by atoms with E-state index >= 15 is 0 Å². The summed E-state index contributed by atoms with van der Waals surface area (Å²) in [6.07, 6.45) is 3.57. The molecule has 3 amide bonds. The van der Waals surface area contributed by atoms with Crippen molar-refractivity contribution in [1.29, 1.82) is 0 Å². The van der Waals surface area contributed by atoms with Crippen molar-refractivity contribution < 1.29 is 23.9 Å². The average Bonchev–Trinajstić information content (AvgIpc) is 3.33. The van der Waals surface area contributed by atoms with E-state index in [4.69, 9.17) is 4.74 Å². The van der Waals surface area contributed by atoms with Gasteiger partial charge < -0.3 is 9.64 Å². The molecule has 3 aliphatic rings. The van der Waals surface area contributed by atoms with E-state index in [2.05, 4.69) is 15.9 Å². The fourth-order valence-corrected chi connectivity index (χ4v) is 5.54. The molecule has 7 nitrogen and oxygen atoms in total. The van der Waals surface area contributed by atoms with Crippen LogP contribution in [0.4, 0.5) is 11.4 Å². The molecule has 8 heteroatoms. The summed E-state index contributed by atoms with van der Waals surface area (Å²) < 4.78 is 6.49. The Morgan fingerprint density at radius 3 is 2.24 bits per heavy atom. The van der Waals surface area contributed by atoms with Crippen molar-refractivity contribution in [1.82, 2.24) is 0 Å². The quantitative estimate of drug-likeness (QED) is 0.336. The molecule has 0 N–H and O–H groups in total. The van der Waals surface area contributed by atoms with Gasteiger partial charge >= 0.3 is 5.97 Å². The van der Waals surface area contributed by atoms with Crippen LogP contribution in [0.25, 0.3) is 0 Å². The zero-order chi connectivity index (χ0) is 24.0. The lowest BCUT2D eigenvalue weighted by Crippen LogP contribution is -2.31. The first-order valence-electron chi connectivity index (χ1n) is 11.6. The van der Waals surface area contributed by atoms with Crippen molar-refractivity contribution in [3.63, 3.8) is 0 Å². The van der Waals surface area contributed by atoms with Gasteiger partial charge in [0.05, 0.1) is 23.4 Å². The topological polar surface area (TPSA) is 84.0 Å². The molecule has 176 valence electrons. The van der Waals surface area contributed by atoms with Gasteiger partial charge in [0.2, 0.25) is 17.7 Å². The molecule has 2 aromatic rings. The second kappa shape index (κ2) is 8.98. The maximum Gasteiger partial charge on any atom is 0.316 e. The van der Waals surface area contributed by atoms with Crippen molar-refractivity contribution in [3.8, 4) is 5.75 Å². The van der Waals surface area contributed by atoms with Gasteiger partial charge in [-0.15, -0.1) is 0 Å². The van der Waals surface area contributed by atoms with Gasteiger partial charge in [-0.2, -0.15) is 0 Å². The van der Waals surface area contributed by atoms with Gasteiger partial charge in [0, 0.05) is 23.1 Å². The van der Waals surface area contributed by atoms with Crippen molar-refractivity contribution in [3.05, 3.63) is 52.5 Å². The number of amides is 3. The van der Waals surface area contributed by atoms with Crippen LogP contribution in [0.3, 0.4) is 0 Å². The molecule has 3 atom stereocenters. The molecule has 0 unspecified atom stereocenters. The van der Waals surface area contributed by atoms with Crippen LogP contribution in [0.1, 0.15) is 37.7 Å². The number of fused-ring (bicyclic) bond motifs is 1. The number of carbonyl (C=O) groups is 4. The molecule has 34 heavy (non-hydrogen) atoms. The standard InChI is InChI=1S/C26H25BrN2O5/c1-15-12-19(10-11-22(15)29-24(31)20-4-2-3-5-21(20)25(29)32)34-26(33)16-13-23(30)28(14-16)18-8-6-17(27)7-9-18/h6-12,16,20-21H,2-5,13-14H2,1H3/t16-,20+,21+/m1/s1. The molecule has 0 spiro atoms. The number of rotatable bonds is 4. The van der Waals surface area contributed by atoms with Crippen molar-refractivity contribution >= 4 is 51.0 Å². The number of carbonyl (C=O) groups excluding carboxylic acids is 4. The van der Waals surface area contributed by atoms with E-state index in [9.17, 15) is 19.2 Å². The highest BCUT2D eigenvalue weighted by Crippen LogP contribution is 2.41. The van der Waals surface area contributed by atoms with Crippen LogP contribution in [0.15, 0.2) is 46.9 Å². The Kier molecular flexibility index (Phi) is 6.02. The van der Waals surface area contributed by atoms with Crippen LogP contribution in [-0.2, 0) is 19.2 Å². The number of hydrogen-bond donors (Lipinski definition) is 0. The lowest BCUT2D eigenvalue weighted by atomic mass is 9.81. The highest BCUT2D eigenvalue weighted by molar-refractivity contribution is 9.10. The lowest BCUT2D eigenvalue weighted by molar-refractivity contribution is -0.139. The molecule has 1 aliphatic carbocycles. The first-order valence-corrected chi connectivity index (χ1v) is 12.4. The lowest BCUT2D eigenvalue weighted by Gasteiger charge is -2.19. The number of halogens is 1. The minimum absolute atomic E-state index is 0.0888. The Balaban J connectivity index is 1.28. The summed E-state index contributed by atoms with van der Waals surface area (Å²) >= 11 is 3.38. The minimum atomic E-state index is -0.569. The molecule has 2 aliphatic heterocycles. The minimum Gasteiger partial charge on any atom is -0.426 e. The van der Waals surface area contributed by atoms with Gasteiger partial charge in [-0.1, -0.05) is 28.8 Å². The maximum atomic E-state index is 12.9. The second-order valence-electron chi connectivity index (χ2n) is 9.26. The van der Waals surface area contributed by atoms with Gasteiger partial charge in [-0.25, -0.2) is 4.90 Å². The second-order valence-corrected chi connectivity index (χ2v) is 10.2. The van der Waals surface area contributed by atoms with Crippen LogP contribution in [0, 0.1) is 24.7 Å². The molecule has 1 saturated carbocycles.